The zero-order chi connectivity index (χ0) is 19.8. The minimum atomic E-state index is -0.239. The molecule has 3 heterocycles. The molecule has 0 saturated carbocycles. The maximum absolute atomic E-state index is 11.6. The van der Waals surface area contributed by atoms with Crippen molar-refractivity contribution in [2.75, 3.05) is 5.32 Å². The van der Waals surface area contributed by atoms with Gasteiger partial charge in [-0.05, 0) is 41.1 Å². The van der Waals surface area contributed by atoms with Crippen molar-refractivity contribution in [3.8, 4) is 5.82 Å². The van der Waals surface area contributed by atoms with Gasteiger partial charge in [0.2, 0.25) is 0 Å². The van der Waals surface area contributed by atoms with Crippen LogP contribution >= 0.6 is 31.9 Å². The molecule has 0 radical (unpaired) electrons. The summed E-state index contributed by atoms with van der Waals surface area (Å²) in [5, 5.41) is 12.7. The van der Waals surface area contributed by atoms with E-state index in [1.54, 1.807) is 17.8 Å². The number of aromatic nitrogens is 7. The van der Waals surface area contributed by atoms with Gasteiger partial charge < -0.3 is 5.32 Å². The summed E-state index contributed by atoms with van der Waals surface area (Å²) < 4.78 is 4.63. The van der Waals surface area contributed by atoms with Crippen molar-refractivity contribution < 1.29 is 0 Å². The number of nitrogens with zero attached hydrogens (tertiary/aromatic N) is 7. The first-order valence-electron chi connectivity index (χ1n) is 8.25. The third-order valence-electron chi connectivity index (χ3n) is 4.14. The second kappa shape index (κ2) is 7.40. The summed E-state index contributed by atoms with van der Waals surface area (Å²) in [7, 11) is 1.59. The third kappa shape index (κ3) is 3.42. The fourth-order valence-corrected chi connectivity index (χ4v) is 4.13. The summed E-state index contributed by atoms with van der Waals surface area (Å²) in [6, 6.07) is 6.71. The van der Waals surface area contributed by atoms with Gasteiger partial charge in [-0.1, -0.05) is 15.9 Å². The zero-order valence-corrected chi connectivity index (χ0v) is 18.0. The highest BCUT2D eigenvalue weighted by atomic mass is 79.9. The van der Waals surface area contributed by atoms with E-state index >= 15 is 0 Å². The van der Waals surface area contributed by atoms with Gasteiger partial charge in [0.15, 0.2) is 11.6 Å². The normalized spacial score (nSPS) is 12.3. The third-order valence-corrected chi connectivity index (χ3v) is 5.20. The molecule has 0 spiro atoms. The summed E-state index contributed by atoms with van der Waals surface area (Å²) in [5.41, 5.74) is 0.606. The number of anilines is 1. The highest BCUT2D eigenvalue weighted by Gasteiger charge is 2.18. The Bertz CT molecular complexity index is 1240. The van der Waals surface area contributed by atoms with Crippen LogP contribution in [-0.2, 0) is 7.05 Å². The van der Waals surface area contributed by atoms with Gasteiger partial charge in [-0.15, -0.1) is 5.10 Å². The molecular formula is C17H14Br2N8O. The molecule has 1 atom stereocenters. The Kier molecular flexibility index (Phi) is 4.94. The molecule has 0 saturated heterocycles. The Hall–Kier alpha value is -2.66. The van der Waals surface area contributed by atoms with Gasteiger partial charge in [0.1, 0.15) is 18.5 Å². The zero-order valence-electron chi connectivity index (χ0n) is 14.8. The van der Waals surface area contributed by atoms with E-state index in [9.17, 15) is 4.79 Å². The Labute approximate surface area is 176 Å². The van der Waals surface area contributed by atoms with Crippen LogP contribution in [0.4, 0.5) is 5.82 Å². The van der Waals surface area contributed by atoms with Crippen LogP contribution in [0.3, 0.4) is 0 Å². The fraction of sp³-hybridized carbons (Fsp3) is 0.176. The average Bonchev–Trinajstić information content (AvgIpc) is 3.14. The Balaban J connectivity index is 1.72. The Morgan fingerprint density at radius 1 is 1.11 bits per heavy atom. The second-order valence-corrected chi connectivity index (χ2v) is 7.83. The SMILES string of the molecule is C[C@H](Nc1ncnc2c(Br)cc(Br)cc12)c1ncnn1-c1ccc(=O)n(C)n1. The molecule has 0 aliphatic rings. The van der Waals surface area contributed by atoms with Crippen LogP contribution < -0.4 is 10.9 Å². The van der Waals surface area contributed by atoms with Gasteiger partial charge in [0.05, 0.1) is 11.6 Å². The fourth-order valence-electron chi connectivity index (χ4n) is 2.80. The molecule has 0 amide bonds. The van der Waals surface area contributed by atoms with E-state index in [2.05, 4.69) is 62.3 Å². The molecule has 1 N–H and O–H groups in total. The monoisotopic (exact) mass is 504 g/mol. The molecule has 3 aromatic heterocycles. The maximum atomic E-state index is 11.6. The van der Waals surface area contributed by atoms with Gasteiger partial charge in [-0.3, -0.25) is 4.79 Å². The summed E-state index contributed by atoms with van der Waals surface area (Å²) in [6.45, 7) is 1.95. The lowest BCUT2D eigenvalue weighted by molar-refractivity contribution is 0.646. The summed E-state index contributed by atoms with van der Waals surface area (Å²) in [5.74, 6) is 1.80. The van der Waals surface area contributed by atoms with Crippen LogP contribution in [-0.4, -0.2) is 34.5 Å². The van der Waals surface area contributed by atoms with Gasteiger partial charge in [0.25, 0.3) is 5.56 Å². The lowest BCUT2D eigenvalue weighted by atomic mass is 10.2. The molecule has 0 aliphatic heterocycles. The van der Waals surface area contributed by atoms with Crippen molar-refractivity contribution in [2.45, 2.75) is 13.0 Å². The predicted octanol–water partition coefficient (Wildman–Crippen LogP) is 3.00. The molecule has 28 heavy (non-hydrogen) atoms. The second-order valence-electron chi connectivity index (χ2n) is 6.06. The Morgan fingerprint density at radius 3 is 2.71 bits per heavy atom. The molecule has 0 fully saturated rings. The van der Waals surface area contributed by atoms with E-state index < -0.39 is 0 Å². The molecule has 11 heteroatoms. The van der Waals surface area contributed by atoms with Gasteiger partial charge in [0, 0.05) is 27.4 Å². The van der Waals surface area contributed by atoms with Crippen LogP contribution in [0, 0.1) is 0 Å². The number of hydrogen-bond acceptors (Lipinski definition) is 7. The minimum Gasteiger partial charge on any atom is -0.360 e. The number of benzene rings is 1. The molecule has 0 unspecified atom stereocenters. The van der Waals surface area contributed by atoms with Crippen LogP contribution in [0.5, 0.6) is 0 Å². The van der Waals surface area contributed by atoms with Crippen molar-refractivity contribution >= 4 is 48.6 Å². The number of nitrogens with one attached hydrogen (secondary N) is 1. The van der Waals surface area contributed by atoms with Crippen LogP contribution in [0.15, 0.2) is 50.7 Å². The molecule has 9 nitrogen and oxygen atoms in total. The highest BCUT2D eigenvalue weighted by Crippen LogP contribution is 2.31. The van der Waals surface area contributed by atoms with E-state index in [1.165, 1.54) is 23.4 Å². The standard InChI is InChI=1S/C17H14Br2N8O/c1-9(17-22-8-23-27(17)13-3-4-14(28)26(2)25-13)24-16-11-5-10(18)6-12(19)15(11)20-7-21-16/h3-9H,1-2H3,(H,20,21,24)/t9-/m0/s1. The van der Waals surface area contributed by atoms with E-state index in [-0.39, 0.29) is 11.6 Å². The first kappa shape index (κ1) is 18.7. The predicted molar refractivity (Wildman–Crippen MR) is 111 cm³/mol. The number of aryl methyl sites for hydroxylation is 1. The summed E-state index contributed by atoms with van der Waals surface area (Å²) in [6.07, 6.45) is 2.96. The van der Waals surface area contributed by atoms with E-state index in [4.69, 9.17) is 0 Å². The van der Waals surface area contributed by atoms with E-state index in [1.807, 2.05) is 19.1 Å². The van der Waals surface area contributed by atoms with Crippen LogP contribution in [0.1, 0.15) is 18.8 Å². The smallest absolute Gasteiger partial charge is 0.266 e. The molecule has 142 valence electrons. The number of rotatable bonds is 4. The summed E-state index contributed by atoms with van der Waals surface area (Å²) >= 11 is 7.03. The van der Waals surface area contributed by atoms with Gasteiger partial charge >= 0.3 is 0 Å². The Morgan fingerprint density at radius 2 is 1.93 bits per heavy atom. The van der Waals surface area contributed by atoms with Crippen molar-refractivity contribution in [1.82, 2.24) is 34.5 Å². The van der Waals surface area contributed by atoms with Crippen molar-refractivity contribution in [1.29, 1.82) is 0 Å². The summed E-state index contributed by atoms with van der Waals surface area (Å²) in [4.78, 5) is 24.7. The molecule has 1 aromatic carbocycles. The minimum absolute atomic E-state index is 0.194. The lowest BCUT2D eigenvalue weighted by Crippen LogP contribution is -2.22. The van der Waals surface area contributed by atoms with Crippen LogP contribution in [0.2, 0.25) is 0 Å². The largest absolute Gasteiger partial charge is 0.360 e. The molecule has 4 rings (SSSR count). The first-order valence-corrected chi connectivity index (χ1v) is 9.83. The average molecular weight is 506 g/mol. The number of halogens is 2. The molecule has 0 aliphatic carbocycles. The number of fused-ring (bicyclic) bond motifs is 1. The van der Waals surface area contributed by atoms with Crippen molar-refractivity contribution in [3.63, 3.8) is 0 Å². The highest BCUT2D eigenvalue weighted by molar-refractivity contribution is 9.11. The lowest BCUT2D eigenvalue weighted by Gasteiger charge is -2.16. The van der Waals surface area contributed by atoms with Gasteiger partial charge in [-0.2, -0.15) is 9.78 Å². The van der Waals surface area contributed by atoms with Gasteiger partial charge in [-0.25, -0.2) is 19.6 Å². The molecule has 4 aromatic rings. The van der Waals surface area contributed by atoms with E-state index in [0.717, 1.165) is 19.8 Å². The molecule has 0 bridgehead atoms. The molecular weight excluding hydrogens is 492 g/mol. The van der Waals surface area contributed by atoms with Crippen LogP contribution in [0.25, 0.3) is 16.7 Å². The van der Waals surface area contributed by atoms with E-state index in [0.29, 0.717) is 17.5 Å². The van der Waals surface area contributed by atoms with Crippen molar-refractivity contribution in [3.05, 3.63) is 62.0 Å². The quantitative estimate of drug-likeness (QED) is 0.454. The number of hydrogen-bond donors (Lipinski definition) is 1. The maximum Gasteiger partial charge on any atom is 0.266 e. The first-order chi connectivity index (χ1) is 13.4. The van der Waals surface area contributed by atoms with Crippen molar-refractivity contribution in [2.24, 2.45) is 7.05 Å². The topological polar surface area (TPSA) is 103 Å².